The van der Waals surface area contributed by atoms with Gasteiger partial charge >= 0.3 is 6.09 Å². The number of ether oxygens (including phenoxy) is 1. The van der Waals surface area contributed by atoms with Gasteiger partial charge in [-0.15, -0.1) is 0 Å². The molecule has 188 valence electrons. The summed E-state index contributed by atoms with van der Waals surface area (Å²) in [7, 11) is 0. The maximum Gasteiger partial charge on any atom is 0.407 e. The normalized spacial score (nSPS) is 18.8. The second-order valence-electron chi connectivity index (χ2n) is 10.5. The van der Waals surface area contributed by atoms with Gasteiger partial charge in [0.1, 0.15) is 12.1 Å². The third kappa shape index (κ3) is 10.2. The first-order valence-corrected chi connectivity index (χ1v) is 11.6. The van der Waals surface area contributed by atoms with Crippen LogP contribution in [0.2, 0.25) is 0 Å². The van der Waals surface area contributed by atoms with E-state index in [1.54, 1.807) is 13.8 Å². The number of hydrogen-bond acceptors (Lipinski definition) is 6. The third-order valence-corrected chi connectivity index (χ3v) is 5.01. The van der Waals surface area contributed by atoms with E-state index in [1.165, 1.54) is 0 Å². The standard InChI is InChI=1S/C23H40N4O6/c1-13(2)11-16(19(29)25-15-9-8-10-24-21(31)18(15)28)26-20(30)17(14(3)4)27-22(32)33-12-23(5,6)7/h13-17H,8-12H2,1-7H3,(H,24,31)(H,25,29)(H,26,30)(H,27,32). The van der Waals surface area contributed by atoms with E-state index in [2.05, 4.69) is 21.3 Å². The van der Waals surface area contributed by atoms with Crippen LogP contribution in [-0.4, -0.2) is 60.9 Å². The zero-order valence-electron chi connectivity index (χ0n) is 20.9. The minimum absolute atomic E-state index is 0.0661. The monoisotopic (exact) mass is 468 g/mol. The molecule has 4 N–H and O–H groups in total. The highest BCUT2D eigenvalue weighted by Crippen LogP contribution is 2.14. The SMILES string of the molecule is CC(C)CC(NC(=O)C(NC(=O)OCC(C)(C)C)C(C)C)C(=O)NC1CCCNC(=O)C1=O. The number of amides is 4. The van der Waals surface area contributed by atoms with Crippen molar-refractivity contribution in [3.05, 3.63) is 0 Å². The molecule has 0 aliphatic carbocycles. The van der Waals surface area contributed by atoms with Crippen LogP contribution in [0.25, 0.3) is 0 Å². The quantitative estimate of drug-likeness (QED) is 0.376. The van der Waals surface area contributed by atoms with Gasteiger partial charge in [-0.3, -0.25) is 19.2 Å². The first-order chi connectivity index (χ1) is 15.2. The summed E-state index contributed by atoms with van der Waals surface area (Å²) in [5.74, 6) is -2.68. The van der Waals surface area contributed by atoms with Crippen molar-refractivity contribution in [3.8, 4) is 0 Å². The predicted molar refractivity (Wildman–Crippen MR) is 123 cm³/mol. The maximum absolute atomic E-state index is 13.0. The van der Waals surface area contributed by atoms with Crippen LogP contribution in [0.1, 0.15) is 67.7 Å². The highest BCUT2D eigenvalue weighted by molar-refractivity contribution is 6.38. The van der Waals surface area contributed by atoms with Gasteiger partial charge in [0.2, 0.25) is 17.6 Å². The number of alkyl carbamates (subject to hydrolysis) is 1. The summed E-state index contributed by atoms with van der Waals surface area (Å²) in [4.78, 5) is 62.1. The van der Waals surface area contributed by atoms with Crippen molar-refractivity contribution in [2.24, 2.45) is 17.3 Å². The fourth-order valence-electron chi connectivity index (χ4n) is 3.24. The minimum atomic E-state index is -0.932. The summed E-state index contributed by atoms with van der Waals surface area (Å²) in [6, 6.07) is -2.77. The van der Waals surface area contributed by atoms with Crippen molar-refractivity contribution in [2.45, 2.75) is 85.9 Å². The van der Waals surface area contributed by atoms with Crippen LogP contribution in [0.5, 0.6) is 0 Å². The Kier molecular flexibility index (Phi) is 10.8. The lowest BCUT2D eigenvalue weighted by molar-refractivity contribution is -0.140. The van der Waals surface area contributed by atoms with Crippen molar-refractivity contribution in [1.82, 2.24) is 21.3 Å². The van der Waals surface area contributed by atoms with Gasteiger partial charge < -0.3 is 26.0 Å². The number of nitrogens with one attached hydrogen (secondary N) is 4. The maximum atomic E-state index is 13.0. The second kappa shape index (κ2) is 12.6. The van der Waals surface area contributed by atoms with Gasteiger partial charge in [-0.25, -0.2) is 4.79 Å². The topological polar surface area (TPSA) is 143 Å². The molecule has 0 radical (unpaired) electrons. The molecular formula is C23H40N4O6. The Hall–Kier alpha value is -2.65. The van der Waals surface area contributed by atoms with Crippen LogP contribution in [0.4, 0.5) is 4.79 Å². The fraction of sp³-hybridized carbons (Fsp3) is 0.783. The van der Waals surface area contributed by atoms with E-state index in [0.717, 1.165) is 0 Å². The number of carbonyl (C=O) groups is 5. The molecule has 3 atom stereocenters. The average molecular weight is 469 g/mol. The number of rotatable bonds is 9. The lowest BCUT2D eigenvalue weighted by atomic mass is 9.99. The third-order valence-electron chi connectivity index (χ3n) is 5.01. The molecule has 0 aromatic heterocycles. The summed E-state index contributed by atoms with van der Waals surface area (Å²) < 4.78 is 5.20. The van der Waals surface area contributed by atoms with E-state index >= 15 is 0 Å². The van der Waals surface area contributed by atoms with Gasteiger partial charge in [0.05, 0.1) is 12.6 Å². The molecule has 10 nitrogen and oxygen atoms in total. The van der Waals surface area contributed by atoms with Gasteiger partial charge in [-0.1, -0.05) is 48.5 Å². The zero-order chi connectivity index (χ0) is 25.3. The van der Waals surface area contributed by atoms with E-state index < -0.39 is 47.7 Å². The molecule has 10 heteroatoms. The molecule has 1 rings (SSSR count). The van der Waals surface area contributed by atoms with Gasteiger partial charge in [-0.2, -0.15) is 0 Å². The second-order valence-corrected chi connectivity index (χ2v) is 10.5. The number of ketones is 1. The highest BCUT2D eigenvalue weighted by atomic mass is 16.5. The number of Topliss-reactive ketones (excluding diaryl/α,β-unsaturated/α-hetero) is 1. The van der Waals surface area contributed by atoms with Gasteiger partial charge in [0, 0.05) is 6.54 Å². The fourth-order valence-corrected chi connectivity index (χ4v) is 3.24. The predicted octanol–water partition coefficient (Wildman–Crippen LogP) is 1.28. The molecule has 4 amide bonds. The van der Waals surface area contributed by atoms with E-state index in [0.29, 0.717) is 25.8 Å². The average Bonchev–Trinajstić information content (AvgIpc) is 2.84. The van der Waals surface area contributed by atoms with Crippen molar-refractivity contribution in [2.75, 3.05) is 13.2 Å². The van der Waals surface area contributed by atoms with Crippen LogP contribution >= 0.6 is 0 Å². The van der Waals surface area contributed by atoms with Gasteiger partial charge in [0.15, 0.2) is 0 Å². The highest BCUT2D eigenvalue weighted by Gasteiger charge is 2.33. The van der Waals surface area contributed by atoms with Crippen molar-refractivity contribution in [1.29, 1.82) is 0 Å². The smallest absolute Gasteiger partial charge is 0.407 e. The van der Waals surface area contributed by atoms with Crippen LogP contribution in [0.3, 0.4) is 0 Å². The Morgan fingerprint density at radius 2 is 1.70 bits per heavy atom. The summed E-state index contributed by atoms with van der Waals surface area (Å²) in [6.07, 6.45) is 0.504. The number of carbonyl (C=O) groups excluding carboxylic acids is 5. The molecule has 1 aliphatic rings. The Morgan fingerprint density at radius 1 is 1.06 bits per heavy atom. The van der Waals surface area contributed by atoms with E-state index in [-0.39, 0.29) is 23.9 Å². The lowest BCUT2D eigenvalue weighted by Crippen LogP contribution is -2.57. The first-order valence-electron chi connectivity index (χ1n) is 11.6. The molecule has 1 fully saturated rings. The summed E-state index contributed by atoms with van der Waals surface area (Å²) in [5, 5.41) is 10.4. The van der Waals surface area contributed by atoms with Crippen LogP contribution < -0.4 is 21.3 Å². The molecular weight excluding hydrogens is 428 g/mol. The Morgan fingerprint density at radius 3 is 2.24 bits per heavy atom. The molecule has 1 heterocycles. The largest absolute Gasteiger partial charge is 0.449 e. The van der Waals surface area contributed by atoms with Gasteiger partial charge in [0.25, 0.3) is 5.91 Å². The summed E-state index contributed by atoms with van der Waals surface area (Å²) in [5.41, 5.74) is -0.223. The van der Waals surface area contributed by atoms with Crippen LogP contribution in [0, 0.1) is 17.3 Å². The minimum Gasteiger partial charge on any atom is -0.449 e. The number of hydrogen-bond donors (Lipinski definition) is 4. The molecule has 1 aliphatic heterocycles. The lowest BCUT2D eigenvalue weighted by Gasteiger charge is -2.27. The van der Waals surface area contributed by atoms with E-state index in [9.17, 15) is 24.0 Å². The molecule has 0 spiro atoms. The Bertz CT molecular complexity index is 729. The summed E-state index contributed by atoms with van der Waals surface area (Å²) in [6.45, 7) is 13.7. The van der Waals surface area contributed by atoms with Gasteiger partial charge in [-0.05, 0) is 36.5 Å². The van der Waals surface area contributed by atoms with Crippen LogP contribution in [0.15, 0.2) is 0 Å². The van der Waals surface area contributed by atoms with Crippen LogP contribution in [-0.2, 0) is 23.9 Å². The molecule has 0 saturated carbocycles. The Labute approximate surface area is 196 Å². The zero-order valence-corrected chi connectivity index (χ0v) is 20.9. The van der Waals surface area contributed by atoms with Crippen molar-refractivity contribution < 1.29 is 28.7 Å². The molecule has 1 saturated heterocycles. The Balaban J connectivity index is 2.87. The summed E-state index contributed by atoms with van der Waals surface area (Å²) >= 11 is 0. The van der Waals surface area contributed by atoms with Crippen molar-refractivity contribution >= 4 is 29.6 Å². The molecule has 0 aromatic carbocycles. The molecule has 33 heavy (non-hydrogen) atoms. The first kappa shape index (κ1) is 28.4. The molecule has 3 unspecified atom stereocenters. The molecule has 0 aromatic rings. The van der Waals surface area contributed by atoms with Crippen molar-refractivity contribution in [3.63, 3.8) is 0 Å². The van der Waals surface area contributed by atoms with E-state index in [4.69, 9.17) is 4.74 Å². The van der Waals surface area contributed by atoms with E-state index in [1.807, 2.05) is 34.6 Å². The molecule has 0 bridgehead atoms.